The number of aliphatic carboxylic acids is 1. The monoisotopic (exact) mass is 658 g/mol. The summed E-state index contributed by atoms with van der Waals surface area (Å²) in [6.07, 6.45) is 12.4. The third-order valence-corrected chi connectivity index (χ3v) is 9.22. The van der Waals surface area contributed by atoms with E-state index < -0.39 is 24.5 Å². The third kappa shape index (κ3) is 16.7. The van der Waals surface area contributed by atoms with Gasteiger partial charge in [0.25, 0.3) is 0 Å². The molecule has 0 bridgehead atoms. The first kappa shape index (κ1) is 39.8. The van der Waals surface area contributed by atoms with Crippen LogP contribution in [0.2, 0.25) is 0 Å². The van der Waals surface area contributed by atoms with E-state index in [2.05, 4.69) is 53.7 Å². The molecule has 1 atom stereocenters. The highest BCUT2D eigenvalue weighted by Gasteiger charge is 2.34. The van der Waals surface area contributed by atoms with Crippen LogP contribution >= 0.6 is 19.3 Å². The second kappa shape index (κ2) is 20.7. The predicted molar refractivity (Wildman–Crippen MR) is 176 cm³/mol. The molecule has 0 aliphatic rings. The number of hydrogen-bond acceptors (Lipinski definition) is 7. The Labute approximate surface area is 268 Å². The molecule has 1 rings (SSSR count). The van der Waals surface area contributed by atoms with Gasteiger partial charge in [0, 0.05) is 25.4 Å². The van der Waals surface area contributed by atoms with Crippen molar-refractivity contribution in [1.29, 1.82) is 0 Å². The molecule has 1 unspecified atom stereocenters. The quantitative estimate of drug-likeness (QED) is 0.0304. The van der Waals surface area contributed by atoms with E-state index in [0.717, 1.165) is 31.3 Å². The van der Waals surface area contributed by atoms with Gasteiger partial charge >= 0.3 is 19.6 Å². The van der Waals surface area contributed by atoms with E-state index in [1.807, 2.05) is 6.08 Å². The van der Waals surface area contributed by atoms with Crippen LogP contribution < -0.4 is 0 Å². The molecule has 0 aromatic carbocycles. The van der Waals surface area contributed by atoms with Crippen molar-refractivity contribution in [1.82, 2.24) is 4.67 Å². The van der Waals surface area contributed by atoms with Crippen LogP contribution in [0.15, 0.2) is 51.5 Å². The fourth-order valence-electron chi connectivity index (χ4n) is 4.38. The summed E-state index contributed by atoms with van der Waals surface area (Å²) in [6.45, 7) is 13.1. The summed E-state index contributed by atoms with van der Waals surface area (Å²) in [5.41, 5.74) is 3.69. The van der Waals surface area contributed by atoms with Crippen molar-refractivity contribution in [2.24, 2.45) is 5.41 Å². The lowest BCUT2D eigenvalue weighted by atomic mass is 9.83. The molecule has 1 aromatic rings. The van der Waals surface area contributed by atoms with Crippen LogP contribution in [0.5, 0.6) is 0 Å². The molecule has 0 fully saturated rings. The zero-order chi connectivity index (χ0) is 33.2. The number of carboxylic acid groups (broad SMARTS) is 1. The lowest BCUT2D eigenvalue weighted by molar-refractivity contribution is -0.402. The van der Waals surface area contributed by atoms with Crippen molar-refractivity contribution in [3.8, 4) is 0 Å². The number of unbranched alkanes of at least 4 members (excludes halogenated alkanes) is 2. The number of hydrogen-bond donors (Lipinski definition) is 1. The Kier molecular flexibility index (Phi) is 18.8. The topological polar surface area (TPSA) is 132 Å². The third-order valence-electron chi connectivity index (χ3n) is 6.93. The fraction of sp³-hybridized carbons (Fsp3) is 0.656. The minimum atomic E-state index is -3.93. The molecule has 1 N–H and O–H groups in total. The van der Waals surface area contributed by atoms with Gasteiger partial charge in [0.2, 0.25) is 0 Å². The highest BCUT2D eigenvalue weighted by molar-refractivity contribution is 7.51. The number of halogens is 1. The van der Waals surface area contributed by atoms with Crippen molar-refractivity contribution in [2.45, 2.75) is 106 Å². The molecular formula is C32H52ClN2O8P. The van der Waals surface area contributed by atoms with Crippen LogP contribution in [-0.4, -0.2) is 46.2 Å². The van der Waals surface area contributed by atoms with Gasteiger partial charge in [-0.05, 0) is 83.6 Å². The number of alkyl halides is 1. The summed E-state index contributed by atoms with van der Waals surface area (Å²) in [5.74, 6) is -0.752. The van der Waals surface area contributed by atoms with Crippen LogP contribution in [0.4, 0.5) is 5.88 Å². The molecular weight excluding hydrogens is 607 g/mol. The molecule has 0 aliphatic heterocycles. The van der Waals surface area contributed by atoms with Gasteiger partial charge in [-0.1, -0.05) is 55.7 Å². The molecule has 0 aliphatic carbocycles. The summed E-state index contributed by atoms with van der Waals surface area (Å²) in [7, 11) is -3.93. The summed E-state index contributed by atoms with van der Waals surface area (Å²) < 4.78 is 33.1. The maximum absolute atomic E-state index is 14.3. The van der Waals surface area contributed by atoms with E-state index in [1.54, 1.807) is 4.67 Å². The zero-order valence-corrected chi connectivity index (χ0v) is 29.0. The second-order valence-corrected chi connectivity index (χ2v) is 14.5. The van der Waals surface area contributed by atoms with Crippen molar-refractivity contribution in [3.63, 3.8) is 0 Å². The van der Waals surface area contributed by atoms with Gasteiger partial charge in [-0.15, -0.1) is 11.6 Å². The van der Waals surface area contributed by atoms with Gasteiger partial charge in [0.1, 0.15) is 17.3 Å². The van der Waals surface area contributed by atoms with E-state index in [9.17, 15) is 19.5 Å². The molecule has 12 heteroatoms. The Hall–Kier alpha value is -2.23. The van der Waals surface area contributed by atoms with Crippen LogP contribution in [0, 0.1) is 15.5 Å². The zero-order valence-electron chi connectivity index (χ0n) is 27.3. The summed E-state index contributed by atoms with van der Waals surface area (Å²) in [6, 6.07) is 2.62. The number of carboxylic acids is 1. The Morgan fingerprint density at radius 3 is 2.25 bits per heavy atom. The number of nitrogens with zero attached hydrogens (tertiary/aromatic N) is 2. The molecule has 44 heavy (non-hydrogen) atoms. The molecule has 0 spiro atoms. The minimum Gasteiger partial charge on any atom is -0.481 e. The first-order valence-corrected chi connectivity index (χ1v) is 17.3. The summed E-state index contributed by atoms with van der Waals surface area (Å²) >= 11 is 5.89. The second-order valence-electron chi connectivity index (χ2n) is 12.1. The molecule has 250 valence electrons. The summed E-state index contributed by atoms with van der Waals surface area (Å²) in [5, 5.41) is 20.1. The van der Waals surface area contributed by atoms with Gasteiger partial charge in [-0.3, -0.25) is 24.0 Å². The highest BCUT2D eigenvalue weighted by atomic mass is 35.5. The van der Waals surface area contributed by atoms with Crippen molar-refractivity contribution in [3.05, 3.63) is 63.0 Å². The average molecular weight is 659 g/mol. The maximum Gasteiger partial charge on any atom is 0.433 e. The average Bonchev–Trinajstić information content (AvgIpc) is 3.41. The van der Waals surface area contributed by atoms with Crippen molar-refractivity contribution >= 4 is 31.2 Å². The number of carbonyl (C=O) groups is 1. The highest BCUT2D eigenvalue weighted by Crippen LogP contribution is 2.53. The van der Waals surface area contributed by atoms with Gasteiger partial charge in [-0.25, -0.2) is 9.24 Å². The van der Waals surface area contributed by atoms with Crippen molar-refractivity contribution < 1.29 is 32.9 Å². The maximum atomic E-state index is 14.3. The van der Waals surface area contributed by atoms with Gasteiger partial charge in [-0.2, -0.15) is 0 Å². The van der Waals surface area contributed by atoms with Crippen LogP contribution in [0.1, 0.15) is 105 Å². The van der Waals surface area contributed by atoms with E-state index in [1.165, 1.54) is 23.3 Å². The molecule has 0 radical (unpaired) electrons. The van der Waals surface area contributed by atoms with E-state index in [4.69, 9.17) is 30.2 Å². The Morgan fingerprint density at radius 1 is 1.02 bits per heavy atom. The molecule has 1 heterocycles. The SMILES string of the molecule is CC(C)=CCCC(C)=CCCC(=CCOP(=O)(OCc1ccc([N+](=O)[O-])o1)N(CCCCCl)CCCCC(=O)O)C(C)(C)C. The first-order valence-electron chi connectivity index (χ1n) is 15.3. The van der Waals surface area contributed by atoms with Gasteiger partial charge < -0.3 is 9.52 Å². The predicted octanol–water partition coefficient (Wildman–Crippen LogP) is 9.85. The Balaban J connectivity index is 3.14. The van der Waals surface area contributed by atoms with Gasteiger partial charge in [0.15, 0.2) is 0 Å². The molecule has 0 saturated heterocycles. The number of nitro groups is 1. The number of rotatable bonds is 23. The van der Waals surface area contributed by atoms with Crippen LogP contribution in [-0.2, 0) is 25.0 Å². The first-order chi connectivity index (χ1) is 20.7. The standard InChI is InChI=1S/C32H52ClN2O8P/c1-26(2)13-11-14-27(3)15-12-16-28(32(4,5)6)20-24-41-44(40,42-25-29-18-19-30(43-29)35(38)39)34(23-10-8-21-33)22-9-7-17-31(36)37/h13,15,18-20H,7-12,14,16-17,21-25H2,1-6H3,(H,36,37). The van der Waals surface area contributed by atoms with E-state index >= 15 is 0 Å². The minimum absolute atomic E-state index is 0.00184. The lowest BCUT2D eigenvalue weighted by Crippen LogP contribution is -2.26. The molecule has 10 nitrogen and oxygen atoms in total. The van der Waals surface area contributed by atoms with Gasteiger partial charge in [0.05, 0.1) is 12.7 Å². The summed E-state index contributed by atoms with van der Waals surface area (Å²) in [4.78, 5) is 21.4. The molecule has 0 saturated carbocycles. The number of furan rings is 1. The Morgan fingerprint density at radius 2 is 1.68 bits per heavy atom. The largest absolute Gasteiger partial charge is 0.481 e. The lowest BCUT2D eigenvalue weighted by Gasteiger charge is -2.30. The smallest absolute Gasteiger partial charge is 0.433 e. The van der Waals surface area contributed by atoms with E-state index in [-0.39, 0.29) is 37.4 Å². The van der Waals surface area contributed by atoms with E-state index in [0.29, 0.717) is 38.1 Å². The fourth-order valence-corrected chi connectivity index (χ4v) is 6.30. The van der Waals surface area contributed by atoms with Crippen molar-refractivity contribution in [2.75, 3.05) is 25.6 Å². The normalized spacial score (nSPS) is 14.1. The van der Waals surface area contributed by atoms with Crippen LogP contribution in [0.3, 0.4) is 0 Å². The molecule has 0 amide bonds. The molecule has 1 aromatic heterocycles. The van der Waals surface area contributed by atoms with Crippen LogP contribution in [0.25, 0.3) is 0 Å². The number of allylic oxidation sites excluding steroid dienone is 5. The Bertz CT molecular complexity index is 1170.